The summed E-state index contributed by atoms with van der Waals surface area (Å²) in [6, 6.07) is 11.8. The topological polar surface area (TPSA) is 80.3 Å². The Morgan fingerprint density at radius 3 is 2.41 bits per heavy atom. The van der Waals surface area contributed by atoms with E-state index in [9.17, 15) is 9.59 Å². The van der Waals surface area contributed by atoms with E-state index >= 15 is 0 Å². The van der Waals surface area contributed by atoms with Crippen LogP contribution in [0.5, 0.6) is 11.5 Å². The lowest BCUT2D eigenvalue weighted by Crippen LogP contribution is -2.57. The van der Waals surface area contributed by atoms with Crippen molar-refractivity contribution in [3.8, 4) is 11.5 Å². The van der Waals surface area contributed by atoms with Gasteiger partial charge in [0, 0.05) is 29.9 Å². The summed E-state index contributed by atoms with van der Waals surface area (Å²) in [6.45, 7) is 14.0. The second-order valence-electron chi connectivity index (χ2n) is 12.3. The molecule has 4 rings (SSSR count). The van der Waals surface area contributed by atoms with Crippen molar-refractivity contribution in [3.63, 3.8) is 0 Å². The highest BCUT2D eigenvalue weighted by Gasteiger charge is 2.37. The monoisotopic (exact) mass is 567 g/mol. The molecule has 2 aromatic rings. The van der Waals surface area contributed by atoms with Gasteiger partial charge in [0.2, 0.25) is 0 Å². The molecule has 2 aliphatic heterocycles. The first kappa shape index (κ1) is 30.5. The molecule has 224 valence electrons. The number of nitrogens with one attached hydrogen (secondary N) is 1. The van der Waals surface area contributed by atoms with Crippen LogP contribution in [0.1, 0.15) is 68.1 Å². The van der Waals surface area contributed by atoms with Crippen molar-refractivity contribution in [1.82, 2.24) is 10.2 Å². The number of nitrogens with zero attached hydrogens (tertiary/aromatic N) is 3. The van der Waals surface area contributed by atoms with E-state index in [1.165, 1.54) is 5.69 Å². The first-order chi connectivity index (χ1) is 19.5. The van der Waals surface area contributed by atoms with Crippen molar-refractivity contribution in [1.29, 1.82) is 0 Å². The average molecular weight is 568 g/mol. The van der Waals surface area contributed by atoms with Crippen LogP contribution in [-0.4, -0.2) is 87.5 Å². The van der Waals surface area contributed by atoms with Gasteiger partial charge in [0.1, 0.15) is 5.60 Å². The molecule has 9 nitrogen and oxygen atoms in total. The number of rotatable bonds is 10. The van der Waals surface area contributed by atoms with Crippen LogP contribution in [0.25, 0.3) is 0 Å². The van der Waals surface area contributed by atoms with Crippen LogP contribution in [0.4, 0.5) is 10.5 Å². The van der Waals surface area contributed by atoms with Gasteiger partial charge < -0.3 is 33.8 Å². The fraction of sp³-hybridized carbons (Fsp3) is 0.562. The first-order valence-corrected chi connectivity index (χ1v) is 14.7. The number of anilines is 1. The maximum atomic E-state index is 13.9. The number of benzene rings is 2. The molecule has 2 heterocycles. The Balaban J connectivity index is 1.56. The van der Waals surface area contributed by atoms with Crippen LogP contribution in [0.2, 0.25) is 0 Å². The summed E-state index contributed by atoms with van der Waals surface area (Å²) >= 11 is 0. The molecule has 0 aromatic heterocycles. The van der Waals surface area contributed by atoms with Crippen molar-refractivity contribution in [3.05, 3.63) is 53.1 Å². The minimum Gasteiger partial charge on any atom is -0.493 e. The van der Waals surface area contributed by atoms with E-state index < -0.39 is 11.7 Å². The molecule has 2 amide bonds. The third kappa shape index (κ3) is 7.07. The molecule has 1 atom stereocenters. The largest absolute Gasteiger partial charge is 0.493 e. The number of methoxy groups -OCH3 is 2. The Hall–Kier alpha value is -3.46. The van der Waals surface area contributed by atoms with E-state index in [4.69, 9.17) is 14.2 Å². The molecule has 9 heteroatoms. The number of piperazine rings is 1. The number of carbonyl (C=O) groups excluding carboxylic acids is 2. The van der Waals surface area contributed by atoms with Gasteiger partial charge in [0.15, 0.2) is 11.5 Å². The van der Waals surface area contributed by atoms with Crippen LogP contribution < -0.4 is 19.7 Å². The number of likely N-dealkylation sites (N-methyl/N-ethyl adjacent to an activating group) is 1. The van der Waals surface area contributed by atoms with Gasteiger partial charge in [-0.05, 0) is 70.4 Å². The minimum atomic E-state index is -0.555. The van der Waals surface area contributed by atoms with Gasteiger partial charge in [0.25, 0.3) is 5.91 Å². The molecule has 0 unspecified atom stereocenters. The second-order valence-corrected chi connectivity index (χ2v) is 12.3. The third-order valence-electron chi connectivity index (χ3n) is 8.39. The van der Waals surface area contributed by atoms with Gasteiger partial charge in [-0.25, -0.2) is 4.79 Å². The van der Waals surface area contributed by atoms with Gasteiger partial charge in [-0.1, -0.05) is 12.1 Å². The fourth-order valence-electron chi connectivity index (χ4n) is 5.75. The van der Waals surface area contributed by atoms with Crippen LogP contribution >= 0.6 is 0 Å². The van der Waals surface area contributed by atoms with Crippen LogP contribution in [-0.2, 0) is 11.3 Å². The first-order valence-electron chi connectivity index (χ1n) is 14.7. The summed E-state index contributed by atoms with van der Waals surface area (Å²) in [5, 5.41) is 2.85. The van der Waals surface area contributed by atoms with Crippen LogP contribution in [0.15, 0.2) is 36.4 Å². The summed E-state index contributed by atoms with van der Waals surface area (Å²) in [5.74, 6) is 1.30. The number of amides is 2. The van der Waals surface area contributed by atoms with Crippen molar-refractivity contribution in [2.75, 3.05) is 65.4 Å². The summed E-state index contributed by atoms with van der Waals surface area (Å²) in [5.41, 5.74) is 3.45. The smallest absolute Gasteiger partial charge is 0.407 e. The number of quaternary nitrogens is 1. The Morgan fingerprint density at radius 1 is 1.07 bits per heavy atom. The average Bonchev–Trinajstić information content (AvgIpc) is 3.28. The molecule has 1 fully saturated rings. The van der Waals surface area contributed by atoms with E-state index in [0.717, 1.165) is 53.9 Å². The summed E-state index contributed by atoms with van der Waals surface area (Å²) < 4.78 is 17.5. The predicted molar refractivity (Wildman–Crippen MR) is 161 cm³/mol. The number of carbonyl (C=O) groups is 2. The van der Waals surface area contributed by atoms with Crippen molar-refractivity contribution in [2.24, 2.45) is 0 Å². The SMILES string of the molecule is CC[N+]1(C)CCN(c2cccc3c2CN([C@H](CCCNC(=O)OC(C)(C)C)c2ccc(OC)c(OC)c2)C3=O)CC1. The zero-order chi connectivity index (χ0) is 29.8. The highest BCUT2D eigenvalue weighted by molar-refractivity contribution is 6.00. The maximum Gasteiger partial charge on any atom is 0.407 e. The molecule has 2 aliphatic rings. The van der Waals surface area contributed by atoms with E-state index in [2.05, 4.69) is 30.3 Å². The molecular weight excluding hydrogens is 520 g/mol. The Morgan fingerprint density at radius 2 is 1.78 bits per heavy atom. The molecule has 0 bridgehead atoms. The lowest BCUT2D eigenvalue weighted by Gasteiger charge is -2.42. The number of fused-ring (bicyclic) bond motifs is 1. The number of hydrogen-bond acceptors (Lipinski definition) is 6. The summed E-state index contributed by atoms with van der Waals surface area (Å²) in [7, 11) is 5.55. The molecule has 1 N–H and O–H groups in total. The van der Waals surface area contributed by atoms with E-state index in [0.29, 0.717) is 37.4 Å². The van der Waals surface area contributed by atoms with Crippen molar-refractivity contribution >= 4 is 17.7 Å². The van der Waals surface area contributed by atoms with E-state index in [-0.39, 0.29) is 11.9 Å². The summed E-state index contributed by atoms with van der Waals surface area (Å²) in [4.78, 5) is 30.5. The Labute approximate surface area is 244 Å². The molecule has 0 aliphatic carbocycles. The highest BCUT2D eigenvalue weighted by Crippen LogP contribution is 2.40. The standard InChI is InChI=1S/C32H46N4O5/c1-8-36(5)19-17-34(18-20-36)27-12-9-11-24-25(27)22-35(30(24)37)26(13-10-16-33-31(38)41-32(2,3)4)23-14-15-28(39-6)29(21-23)40-7/h9,11-12,14-15,21,26H,8,10,13,16-20,22H2,1-7H3/p+1/t26-/m1/s1. The van der Waals surface area contributed by atoms with Crippen molar-refractivity contribution in [2.45, 2.75) is 58.7 Å². The number of ether oxygens (including phenoxy) is 3. The molecule has 2 aromatic carbocycles. The molecule has 0 saturated carbocycles. The quantitative estimate of drug-likeness (QED) is 0.322. The fourth-order valence-corrected chi connectivity index (χ4v) is 5.75. The zero-order valence-corrected chi connectivity index (χ0v) is 25.8. The Kier molecular flexibility index (Phi) is 9.37. The molecule has 0 spiro atoms. The maximum absolute atomic E-state index is 13.9. The molecule has 0 radical (unpaired) electrons. The van der Waals surface area contributed by atoms with E-state index in [1.807, 2.05) is 56.0 Å². The summed E-state index contributed by atoms with van der Waals surface area (Å²) in [6.07, 6.45) is 0.898. The third-order valence-corrected chi connectivity index (χ3v) is 8.39. The van der Waals surface area contributed by atoms with E-state index in [1.54, 1.807) is 14.2 Å². The van der Waals surface area contributed by atoms with Crippen LogP contribution in [0.3, 0.4) is 0 Å². The van der Waals surface area contributed by atoms with Crippen molar-refractivity contribution < 1.29 is 28.3 Å². The lowest BCUT2D eigenvalue weighted by atomic mass is 9.99. The lowest BCUT2D eigenvalue weighted by molar-refractivity contribution is -0.908. The zero-order valence-electron chi connectivity index (χ0n) is 25.8. The van der Waals surface area contributed by atoms with Crippen LogP contribution in [0, 0.1) is 0 Å². The molecule has 1 saturated heterocycles. The Bertz CT molecular complexity index is 1230. The molecular formula is C32H47N4O5+. The van der Waals surface area contributed by atoms with Gasteiger partial charge in [-0.3, -0.25) is 4.79 Å². The van der Waals surface area contributed by atoms with Gasteiger partial charge in [-0.15, -0.1) is 0 Å². The van der Waals surface area contributed by atoms with Gasteiger partial charge in [-0.2, -0.15) is 0 Å². The normalized spacial score (nSPS) is 17.2. The molecule has 41 heavy (non-hydrogen) atoms. The number of alkyl carbamates (subject to hydrolysis) is 1. The number of hydrogen-bond donors (Lipinski definition) is 1. The second kappa shape index (κ2) is 12.6. The predicted octanol–water partition coefficient (Wildman–Crippen LogP) is 4.99. The highest BCUT2D eigenvalue weighted by atomic mass is 16.6. The minimum absolute atomic E-state index is 0.0351. The van der Waals surface area contributed by atoms with Gasteiger partial charge in [0.05, 0.1) is 60.0 Å². The van der Waals surface area contributed by atoms with Gasteiger partial charge >= 0.3 is 6.09 Å².